The lowest BCUT2D eigenvalue weighted by Gasteiger charge is -2.41. The molecule has 1 atom stereocenters. The molecule has 9 nitrogen and oxygen atoms in total. The average Bonchev–Trinajstić information content (AvgIpc) is 3.53. The highest BCUT2D eigenvalue weighted by atomic mass is 16.5. The van der Waals surface area contributed by atoms with Crippen molar-refractivity contribution in [3.8, 4) is 0 Å². The molecule has 1 saturated carbocycles. The summed E-state index contributed by atoms with van der Waals surface area (Å²) in [5.41, 5.74) is -0.237. The quantitative estimate of drug-likeness (QED) is 0.718. The van der Waals surface area contributed by atoms with Gasteiger partial charge in [-0.05, 0) is 51.9 Å². The Morgan fingerprint density at radius 3 is 2.62 bits per heavy atom. The highest BCUT2D eigenvalue weighted by Crippen LogP contribution is 2.41. The summed E-state index contributed by atoms with van der Waals surface area (Å²) in [4.78, 5) is 40.3. The van der Waals surface area contributed by atoms with Gasteiger partial charge in [0.05, 0.1) is 5.41 Å². The van der Waals surface area contributed by atoms with Crippen LogP contribution in [0.4, 0.5) is 0 Å². The number of carbonyl (C=O) groups excluding carboxylic acids is 3. The van der Waals surface area contributed by atoms with E-state index in [2.05, 4.69) is 15.8 Å². The summed E-state index contributed by atoms with van der Waals surface area (Å²) in [5, 5.41) is 9.75. The van der Waals surface area contributed by atoms with Crippen molar-refractivity contribution in [1.29, 1.82) is 0 Å². The zero-order valence-corrected chi connectivity index (χ0v) is 18.9. The van der Waals surface area contributed by atoms with Crippen molar-refractivity contribution in [1.82, 2.24) is 20.7 Å². The minimum atomic E-state index is -0.598. The van der Waals surface area contributed by atoms with E-state index in [0.717, 1.165) is 37.9 Å². The largest absolute Gasteiger partial charge is 0.381 e. The third-order valence-electron chi connectivity index (χ3n) is 6.92. The second-order valence-electron chi connectivity index (χ2n) is 9.37. The maximum Gasteiger partial charge on any atom is 0.276 e. The van der Waals surface area contributed by atoms with Crippen LogP contribution in [0.2, 0.25) is 0 Å². The van der Waals surface area contributed by atoms with Crippen LogP contribution >= 0.6 is 0 Å². The molecular formula is C23H34N4O5. The summed E-state index contributed by atoms with van der Waals surface area (Å²) in [6.45, 7) is 4.48. The van der Waals surface area contributed by atoms with Crippen LogP contribution < -0.4 is 10.6 Å². The van der Waals surface area contributed by atoms with E-state index in [1.54, 1.807) is 17.9 Å². The first kappa shape index (κ1) is 22.8. The molecule has 0 aromatic carbocycles. The Kier molecular flexibility index (Phi) is 7.13. The average molecular weight is 447 g/mol. The Bertz CT molecular complexity index is 826. The molecule has 176 valence electrons. The molecule has 32 heavy (non-hydrogen) atoms. The zero-order valence-electron chi connectivity index (χ0n) is 18.9. The van der Waals surface area contributed by atoms with Crippen LogP contribution in [0.3, 0.4) is 0 Å². The van der Waals surface area contributed by atoms with Crippen LogP contribution in [0.5, 0.6) is 0 Å². The number of hydrogen-bond acceptors (Lipinski definition) is 6. The highest BCUT2D eigenvalue weighted by molar-refractivity contribution is 5.93. The molecule has 3 fully saturated rings. The lowest BCUT2D eigenvalue weighted by Crippen LogP contribution is -2.54. The minimum Gasteiger partial charge on any atom is -0.381 e. The van der Waals surface area contributed by atoms with Crippen LogP contribution in [0, 0.1) is 5.41 Å². The number of rotatable bonds is 2. The second kappa shape index (κ2) is 10.0. The van der Waals surface area contributed by atoms with Crippen LogP contribution in [-0.2, 0) is 14.3 Å². The van der Waals surface area contributed by atoms with Crippen LogP contribution in [0.15, 0.2) is 10.6 Å². The van der Waals surface area contributed by atoms with Crippen LogP contribution in [-0.4, -0.2) is 66.7 Å². The first-order valence-corrected chi connectivity index (χ1v) is 11.9. The topological polar surface area (TPSA) is 114 Å². The molecule has 0 unspecified atom stereocenters. The fourth-order valence-corrected chi connectivity index (χ4v) is 4.56. The lowest BCUT2D eigenvalue weighted by molar-refractivity contribution is -0.137. The van der Waals surface area contributed by atoms with Gasteiger partial charge >= 0.3 is 0 Å². The van der Waals surface area contributed by atoms with Gasteiger partial charge in [0.1, 0.15) is 11.8 Å². The SMILES string of the molecule is C[C@@H]1NC(=O)C2(CCCCOCCCNC1=O)CCN(C(=O)c1cc(C3CC3)on1)CC2. The Hall–Kier alpha value is -2.42. The van der Waals surface area contributed by atoms with Gasteiger partial charge in [-0.3, -0.25) is 14.4 Å². The van der Waals surface area contributed by atoms with E-state index in [9.17, 15) is 14.4 Å². The number of carbonyl (C=O) groups is 3. The van der Waals surface area contributed by atoms with Crippen molar-refractivity contribution in [2.45, 2.75) is 70.3 Å². The van der Waals surface area contributed by atoms with E-state index >= 15 is 0 Å². The number of hydrogen-bond donors (Lipinski definition) is 2. The first-order chi connectivity index (χ1) is 15.5. The summed E-state index contributed by atoms with van der Waals surface area (Å²) in [7, 11) is 0. The Labute approximate surface area is 188 Å². The van der Waals surface area contributed by atoms with Gasteiger partial charge in [0, 0.05) is 44.8 Å². The van der Waals surface area contributed by atoms with Gasteiger partial charge in [0.15, 0.2) is 5.69 Å². The van der Waals surface area contributed by atoms with Crippen molar-refractivity contribution in [2.24, 2.45) is 5.41 Å². The summed E-state index contributed by atoms with van der Waals surface area (Å²) in [6, 6.07) is 1.16. The predicted molar refractivity (Wildman–Crippen MR) is 116 cm³/mol. The molecule has 9 heteroatoms. The summed E-state index contributed by atoms with van der Waals surface area (Å²) in [5.74, 6) is 0.781. The van der Waals surface area contributed by atoms with Crippen LogP contribution in [0.25, 0.3) is 0 Å². The van der Waals surface area contributed by atoms with Gasteiger partial charge in [-0.1, -0.05) is 11.6 Å². The number of amides is 3. The number of piperidine rings is 1. The molecule has 2 N–H and O–H groups in total. The van der Waals surface area contributed by atoms with Crippen molar-refractivity contribution in [3.05, 3.63) is 17.5 Å². The van der Waals surface area contributed by atoms with Gasteiger partial charge in [-0.25, -0.2) is 0 Å². The number of nitrogens with one attached hydrogen (secondary N) is 2. The van der Waals surface area contributed by atoms with E-state index in [1.807, 2.05) is 0 Å². The zero-order chi connectivity index (χ0) is 22.6. The molecular weight excluding hydrogens is 412 g/mol. The predicted octanol–water partition coefficient (Wildman–Crippen LogP) is 1.99. The number of ether oxygens (including phenoxy) is 1. The molecule has 0 bridgehead atoms. The maximum atomic E-state index is 13.3. The Morgan fingerprint density at radius 1 is 1.12 bits per heavy atom. The molecule has 1 spiro atoms. The number of nitrogens with zero attached hydrogens (tertiary/aromatic N) is 2. The summed E-state index contributed by atoms with van der Waals surface area (Å²) < 4.78 is 11.0. The van der Waals surface area contributed by atoms with E-state index in [1.165, 1.54) is 0 Å². The molecule has 3 heterocycles. The van der Waals surface area contributed by atoms with Gasteiger partial charge in [-0.2, -0.15) is 0 Å². The van der Waals surface area contributed by atoms with Crippen molar-refractivity contribution in [3.63, 3.8) is 0 Å². The van der Waals surface area contributed by atoms with Gasteiger partial charge < -0.3 is 24.8 Å². The molecule has 1 aromatic rings. The molecule has 2 saturated heterocycles. The molecule has 3 amide bonds. The Morgan fingerprint density at radius 2 is 1.88 bits per heavy atom. The fraction of sp³-hybridized carbons (Fsp3) is 0.739. The first-order valence-electron chi connectivity index (χ1n) is 11.9. The molecule has 1 aliphatic carbocycles. The van der Waals surface area contributed by atoms with E-state index in [4.69, 9.17) is 9.26 Å². The lowest BCUT2D eigenvalue weighted by atomic mass is 9.73. The minimum absolute atomic E-state index is 0.0947. The van der Waals surface area contributed by atoms with Crippen LogP contribution in [0.1, 0.15) is 80.5 Å². The van der Waals surface area contributed by atoms with E-state index < -0.39 is 11.5 Å². The molecule has 4 rings (SSSR count). The fourth-order valence-electron chi connectivity index (χ4n) is 4.56. The molecule has 3 aliphatic rings. The Balaban J connectivity index is 1.40. The third kappa shape index (κ3) is 5.31. The van der Waals surface area contributed by atoms with E-state index in [0.29, 0.717) is 63.7 Å². The van der Waals surface area contributed by atoms with Crippen molar-refractivity contribution >= 4 is 17.7 Å². The molecule has 2 aliphatic heterocycles. The summed E-state index contributed by atoms with van der Waals surface area (Å²) in [6.07, 6.45) is 6.54. The monoisotopic (exact) mass is 446 g/mol. The molecule has 1 aromatic heterocycles. The normalized spacial score (nSPS) is 25.7. The standard InChI is InChI=1S/C23H34N4O5/c1-16-20(28)24-10-4-14-31-13-3-2-7-23(22(30)25-16)8-11-27(12-9-23)21(29)18-15-19(32-26-18)17-5-6-17/h15-17H,2-14H2,1H3,(H,24,28)(H,25,30)/t16-/m0/s1. The van der Waals surface area contributed by atoms with Gasteiger partial charge in [0.25, 0.3) is 5.91 Å². The van der Waals surface area contributed by atoms with Gasteiger partial charge in [0.2, 0.25) is 11.8 Å². The third-order valence-corrected chi connectivity index (χ3v) is 6.92. The molecule has 0 radical (unpaired) electrons. The summed E-state index contributed by atoms with van der Waals surface area (Å²) >= 11 is 0. The van der Waals surface area contributed by atoms with Gasteiger partial charge in [-0.15, -0.1) is 0 Å². The number of aromatic nitrogens is 1. The van der Waals surface area contributed by atoms with Crippen molar-refractivity contribution < 1.29 is 23.6 Å². The smallest absolute Gasteiger partial charge is 0.276 e. The van der Waals surface area contributed by atoms with E-state index in [-0.39, 0.29) is 17.7 Å². The maximum absolute atomic E-state index is 13.3. The second-order valence-corrected chi connectivity index (χ2v) is 9.37. The number of likely N-dealkylation sites (tertiary alicyclic amines) is 1. The highest BCUT2D eigenvalue weighted by Gasteiger charge is 2.43. The van der Waals surface area contributed by atoms with Crippen molar-refractivity contribution in [2.75, 3.05) is 32.8 Å².